The summed E-state index contributed by atoms with van der Waals surface area (Å²) in [6.07, 6.45) is 0. The van der Waals surface area contributed by atoms with Gasteiger partial charge in [0, 0.05) is 19.6 Å². The Labute approximate surface area is 123 Å². The standard InChI is InChI=1S/C17H17FN2O/c18-17-7-6-15(11-19)16(10-17)13-20(8-9-21)12-14-4-2-1-3-5-14/h1-7,10,21H,8-9,12-13H2. The van der Waals surface area contributed by atoms with Crippen molar-refractivity contribution in [2.45, 2.75) is 13.1 Å². The Morgan fingerprint density at radius 3 is 2.52 bits per heavy atom. The first-order valence-corrected chi connectivity index (χ1v) is 6.78. The zero-order valence-electron chi connectivity index (χ0n) is 11.7. The third-order valence-corrected chi connectivity index (χ3v) is 3.25. The molecule has 108 valence electrons. The quantitative estimate of drug-likeness (QED) is 0.887. The van der Waals surface area contributed by atoms with Gasteiger partial charge in [-0.2, -0.15) is 5.26 Å². The zero-order chi connectivity index (χ0) is 15.1. The molecule has 2 aromatic carbocycles. The maximum Gasteiger partial charge on any atom is 0.123 e. The maximum absolute atomic E-state index is 13.4. The van der Waals surface area contributed by atoms with Crippen LogP contribution >= 0.6 is 0 Å². The number of nitriles is 1. The van der Waals surface area contributed by atoms with Crippen LogP contribution in [-0.4, -0.2) is 23.2 Å². The highest BCUT2D eigenvalue weighted by atomic mass is 19.1. The summed E-state index contributed by atoms with van der Waals surface area (Å²) in [4.78, 5) is 1.99. The topological polar surface area (TPSA) is 47.3 Å². The van der Waals surface area contributed by atoms with Crippen LogP contribution in [0.3, 0.4) is 0 Å². The molecule has 0 aliphatic heterocycles. The first-order valence-electron chi connectivity index (χ1n) is 6.78. The molecule has 0 atom stereocenters. The van der Waals surface area contributed by atoms with E-state index in [4.69, 9.17) is 5.26 Å². The third kappa shape index (κ3) is 4.38. The molecule has 3 nitrogen and oxygen atoms in total. The number of hydrogen-bond donors (Lipinski definition) is 1. The molecule has 0 unspecified atom stereocenters. The minimum atomic E-state index is -0.354. The van der Waals surface area contributed by atoms with E-state index in [-0.39, 0.29) is 12.4 Å². The van der Waals surface area contributed by atoms with Gasteiger partial charge in [-0.15, -0.1) is 0 Å². The summed E-state index contributed by atoms with van der Waals surface area (Å²) in [5.41, 5.74) is 2.22. The van der Waals surface area contributed by atoms with E-state index in [0.717, 1.165) is 5.56 Å². The Hall–Kier alpha value is -2.22. The van der Waals surface area contributed by atoms with Gasteiger partial charge in [0.2, 0.25) is 0 Å². The van der Waals surface area contributed by atoms with E-state index in [2.05, 4.69) is 6.07 Å². The largest absolute Gasteiger partial charge is 0.395 e. The number of nitrogens with zero attached hydrogens (tertiary/aromatic N) is 2. The number of rotatable bonds is 6. The highest BCUT2D eigenvalue weighted by Crippen LogP contribution is 2.15. The molecule has 0 fully saturated rings. The molecule has 0 bridgehead atoms. The number of aliphatic hydroxyl groups is 1. The molecule has 0 aliphatic rings. The lowest BCUT2D eigenvalue weighted by molar-refractivity contribution is 0.184. The molecule has 4 heteroatoms. The van der Waals surface area contributed by atoms with Crippen LogP contribution in [0.4, 0.5) is 4.39 Å². The number of benzene rings is 2. The molecule has 2 aromatic rings. The van der Waals surface area contributed by atoms with Crippen molar-refractivity contribution in [3.05, 3.63) is 71.0 Å². The summed E-state index contributed by atoms with van der Waals surface area (Å²) in [5, 5.41) is 18.3. The SMILES string of the molecule is N#Cc1ccc(F)cc1CN(CCO)Cc1ccccc1. The second-order valence-corrected chi connectivity index (χ2v) is 4.83. The number of aliphatic hydroxyl groups excluding tert-OH is 1. The minimum absolute atomic E-state index is 0.0179. The van der Waals surface area contributed by atoms with Crippen molar-refractivity contribution < 1.29 is 9.50 Å². The minimum Gasteiger partial charge on any atom is -0.395 e. The van der Waals surface area contributed by atoms with E-state index < -0.39 is 0 Å². The molecule has 21 heavy (non-hydrogen) atoms. The van der Waals surface area contributed by atoms with Gasteiger partial charge in [0.05, 0.1) is 18.2 Å². The van der Waals surface area contributed by atoms with Gasteiger partial charge in [-0.1, -0.05) is 30.3 Å². The summed E-state index contributed by atoms with van der Waals surface area (Å²) < 4.78 is 13.4. The lowest BCUT2D eigenvalue weighted by Gasteiger charge is -2.22. The molecular formula is C17H17FN2O. The Balaban J connectivity index is 2.16. The van der Waals surface area contributed by atoms with Crippen molar-refractivity contribution in [3.8, 4) is 6.07 Å². The fourth-order valence-corrected chi connectivity index (χ4v) is 2.24. The van der Waals surface area contributed by atoms with Crippen molar-refractivity contribution in [1.29, 1.82) is 5.26 Å². The highest BCUT2D eigenvalue weighted by Gasteiger charge is 2.10. The second kappa shape index (κ2) is 7.53. The van der Waals surface area contributed by atoms with E-state index in [1.165, 1.54) is 18.2 Å². The van der Waals surface area contributed by atoms with E-state index >= 15 is 0 Å². The van der Waals surface area contributed by atoms with Gasteiger partial charge in [0.25, 0.3) is 0 Å². The Morgan fingerprint density at radius 2 is 1.86 bits per heavy atom. The first-order chi connectivity index (χ1) is 10.2. The Bertz CT molecular complexity index is 622. The van der Waals surface area contributed by atoms with Gasteiger partial charge in [-0.3, -0.25) is 4.90 Å². The zero-order valence-corrected chi connectivity index (χ0v) is 11.7. The lowest BCUT2D eigenvalue weighted by Crippen LogP contribution is -2.26. The Morgan fingerprint density at radius 1 is 1.10 bits per heavy atom. The van der Waals surface area contributed by atoms with Crippen LogP contribution < -0.4 is 0 Å². The Kier molecular flexibility index (Phi) is 5.44. The molecule has 0 aromatic heterocycles. The summed E-state index contributed by atoms with van der Waals surface area (Å²) >= 11 is 0. The third-order valence-electron chi connectivity index (χ3n) is 3.25. The van der Waals surface area contributed by atoms with Gasteiger partial charge in [-0.25, -0.2) is 4.39 Å². The monoisotopic (exact) mass is 284 g/mol. The van der Waals surface area contributed by atoms with Crippen molar-refractivity contribution in [1.82, 2.24) is 4.90 Å². The summed E-state index contributed by atoms with van der Waals surface area (Å²) in [6, 6.07) is 16.1. The molecule has 0 heterocycles. The average molecular weight is 284 g/mol. The van der Waals surface area contributed by atoms with Crippen LogP contribution in [0.25, 0.3) is 0 Å². The maximum atomic E-state index is 13.4. The molecule has 0 aliphatic carbocycles. The number of halogens is 1. The van der Waals surface area contributed by atoms with Gasteiger partial charge >= 0.3 is 0 Å². The molecule has 0 saturated heterocycles. The lowest BCUT2D eigenvalue weighted by atomic mass is 10.1. The number of hydrogen-bond acceptors (Lipinski definition) is 3. The summed E-state index contributed by atoms with van der Waals surface area (Å²) in [6.45, 7) is 1.55. The fourth-order valence-electron chi connectivity index (χ4n) is 2.24. The second-order valence-electron chi connectivity index (χ2n) is 4.83. The molecule has 0 saturated carbocycles. The van der Waals surface area contributed by atoms with Crippen LogP contribution in [0.2, 0.25) is 0 Å². The normalized spacial score (nSPS) is 10.6. The first kappa shape index (κ1) is 15.2. The fraction of sp³-hybridized carbons (Fsp3) is 0.235. The van der Waals surface area contributed by atoms with Crippen LogP contribution in [0.5, 0.6) is 0 Å². The highest BCUT2D eigenvalue weighted by molar-refractivity contribution is 5.37. The van der Waals surface area contributed by atoms with E-state index in [0.29, 0.717) is 30.8 Å². The van der Waals surface area contributed by atoms with Crippen LogP contribution in [0.1, 0.15) is 16.7 Å². The molecule has 0 radical (unpaired) electrons. The smallest absolute Gasteiger partial charge is 0.123 e. The molecule has 2 rings (SSSR count). The average Bonchev–Trinajstić information content (AvgIpc) is 2.49. The van der Waals surface area contributed by atoms with E-state index in [1.54, 1.807) is 0 Å². The molecule has 0 amide bonds. The predicted octanol–water partition coefficient (Wildman–Crippen LogP) is 2.69. The predicted molar refractivity (Wildman–Crippen MR) is 78.8 cm³/mol. The van der Waals surface area contributed by atoms with Gasteiger partial charge in [0.15, 0.2) is 0 Å². The van der Waals surface area contributed by atoms with Gasteiger partial charge in [-0.05, 0) is 29.3 Å². The van der Waals surface area contributed by atoms with Crippen molar-refractivity contribution >= 4 is 0 Å². The van der Waals surface area contributed by atoms with Crippen molar-refractivity contribution in [2.24, 2.45) is 0 Å². The summed E-state index contributed by atoms with van der Waals surface area (Å²) in [7, 11) is 0. The van der Waals surface area contributed by atoms with Gasteiger partial charge < -0.3 is 5.11 Å². The van der Waals surface area contributed by atoms with Crippen LogP contribution in [0, 0.1) is 17.1 Å². The van der Waals surface area contributed by atoms with Gasteiger partial charge in [0.1, 0.15) is 5.82 Å². The van der Waals surface area contributed by atoms with Crippen LogP contribution in [0.15, 0.2) is 48.5 Å². The van der Waals surface area contributed by atoms with Crippen molar-refractivity contribution in [3.63, 3.8) is 0 Å². The van der Waals surface area contributed by atoms with E-state index in [9.17, 15) is 9.50 Å². The molecular weight excluding hydrogens is 267 g/mol. The van der Waals surface area contributed by atoms with Crippen molar-refractivity contribution in [2.75, 3.05) is 13.2 Å². The van der Waals surface area contributed by atoms with E-state index in [1.807, 2.05) is 35.2 Å². The molecule has 1 N–H and O–H groups in total. The molecule has 0 spiro atoms. The van der Waals surface area contributed by atoms with Crippen LogP contribution in [-0.2, 0) is 13.1 Å². The summed E-state index contributed by atoms with van der Waals surface area (Å²) in [5.74, 6) is -0.354.